The monoisotopic (exact) mass is 764 g/mol. The SMILES string of the molecule is COc1nc(C)c(Br)c(Oc2cc(Cl)cc(C#N)c2)c1N.COc1nc(C)c(Br)c(Oc2cc(Cl)cc(C#N)c2)c1[N+](=O)[O-]. The van der Waals surface area contributed by atoms with Crippen LogP contribution >= 0.6 is 55.1 Å². The lowest BCUT2D eigenvalue weighted by molar-refractivity contribution is -0.387. The Morgan fingerprint density at radius 2 is 1.25 bits per heavy atom. The third kappa shape index (κ3) is 7.98. The van der Waals surface area contributed by atoms with Crippen molar-refractivity contribution in [3.8, 4) is 46.9 Å². The smallest absolute Gasteiger partial charge is 0.374 e. The molecule has 0 aliphatic heterocycles. The van der Waals surface area contributed by atoms with E-state index in [2.05, 4.69) is 41.8 Å². The summed E-state index contributed by atoms with van der Waals surface area (Å²) in [6.07, 6.45) is 0. The van der Waals surface area contributed by atoms with Crippen LogP contribution in [0.15, 0.2) is 45.3 Å². The summed E-state index contributed by atoms with van der Waals surface area (Å²) >= 11 is 18.5. The van der Waals surface area contributed by atoms with Gasteiger partial charge in [-0.2, -0.15) is 10.5 Å². The minimum Gasteiger partial charge on any atom is -0.479 e. The van der Waals surface area contributed by atoms with Gasteiger partial charge in [0, 0.05) is 10.0 Å². The van der Waals surface area contributed by atoms with Gasteiger partial charge in [-0.3, -0.25) is 10.1 Å². The van der Waals surface area contributed by atoms with Gasteiger partial charge in [0.25, 0.3) is 5.88 Å². The molecule has 0 amide bonds. The minimum absolute atomic E-state index is 0.0782. The normalized spacial score (nSPS) is 10.0. The van der Waals surface area contributed by atoms with Crippen molar-refractivity contribution in [2.24, 2.45) is 0 Å². The summed E-state index contributed by atoms with van der Waals surface area (Å²) < 4.78 is 22.4. The fourth-order valence-electron chi connectivity index (χ4n) is 3.52. The molecule has 0 bridgehead atoms. The number of halogens is 4. The molecule has 0 saturated heterocycles. The summed E-state index contributed by atoms with van der Waals surface area (Å²) in [5, 5.41) is 29.9. The summed E-state index contributed by atoms with van der Waals surface area (Å²) in [6, 6.07) is 13.0. The van der Waals surface area contributed by atoms with Gasteiger partial charge in [-0.05, 0) is 82.1 Å². The molecular formula is C28H20Br2Cl2N6O6. The first-order chi connectivity index (χ1) is 20.8. The van der Waals surface area contributed by atoms with Gasteiger partial charge in [0.05, 0.1) is 62.7 Å². The maximum Gasteiger partial charge on any atom is 0.374 e. The molecule has 0 unspecified atom stereocenters. The van der Waals surface area contributed by atoms with Crippen molar-refractivity contribution >= 4 is 66.4 Å². The molecule has 2 aromatic heterocycles. The van der Waals surface area contributed by atoms with E-state index in [1.165, 1.54) is 32.4 Å². The highest BCUT2D eigenvalue weighted by Gasteiger charge is 2.29. The van der Waals surface area contributed by atoms with Gasteiger partial charge in [-0.1, -0.05) is 23.2 Å². The van der Waals surface area contributed by atoms with Crippen molar-refractivity contribution in [2.45, 2.75) is 13.8 Å². The van der Waals surface area contributed by atoms with Crippen molar-refractivity contribution in [1.29, 1.82) is 10.5 Å². The Kier molecular flexibility index (Phi) is 11.6. The van der Waals surface area contributed by atoms with Crippen LogP contribution in [0.25, 0.3) is 0 Å². The van der Waals surface area contributed by atoms with Crippen molar-refractivity contribution in [2.75, 3.05) is 20.0 Å². The number of nitriles is 2. The Bertz CT molecular complexity index is 1850. The van der Waals surface area contributed by atoms with Gasteiger partial charge in [0.1, 0.15) is 17.2 Å². The van der Waals surface area contributed by atoms with E-state index in [9.17, 15) is 10.1 Å². The highest BCUT2D eigenvalue weighted by molar-refractivity contribution is 9.11. The number of aromatic nitrogens is 2. The molecule has 2 aromatic carbocycles. The molecular weight excluding hydrogens is 747 g/mol. The summed E-state index contributed by atoms with van der Waals surface area (Å²) in [6.45, 7) is 3.43. The summed E-state index contributed by atoms with van der Waals surface area (Å²) in [5.74, 6) is 0.974. The minimum atomic E-state index is -0.652. The second-order valence-electron chi connectivity index (χ2n) is 8.50. The highest BCUT2D eigenvalue weighted by atomic mass is 79.9. The van der Waals surface area contributed by atoms with E-state index in [1.807, 2.05) is 12.1 Å². The number of aryl methyl sites for hydroxylation is 2. The number of methoxy groups -OCH3 is 2. The van der Waals surface area contributed by atoms with Crippen molar-refractivity contribution in [3.63, 3.8) is 0 Å². The lowest BCUT2D eigenvalue weighted by Gasteiger charge is -2.14. The maximum absolute atomic E-state index is 11.4. The molecule has 0 spiro atoms. The first-order valence-corrected chi connectivity index (χ1v) is 14.3. The first kappa shape index (κ1) is 34.2. The van der Waals surface area contributed by atoms with Crippen LogP contribution in [0.1, 0.15) is 22.5 Å². The average Bonchev–Trinajstić information content (AvgIpc) is 2.98. The molecule has 0 fully saturated rings. The number of hydrogen-bond acceptors (Lipinski definition) is 11. The van der Waals surface area contributed by atoms with Gasteiger partial charge in [-0.25, -0.2) is 9.97 Å². The molecule has 12 nitrogen and oxygen atoms in total. The van der Waals surface area contributed by atoms with Crippen LogP contribution in [0.3, 0.4) is 0 Å². The number of benzene rings is 2. The van der Waals surface area contributed by atoms with Crippen molar-refractivity contribution < 1.29 is 23.9 Å². The number of nitrogens with zero attached hydrogens (tertiary/aromatic N) is 5. The number of anilines is 1. The summed E-state index contributed by atoms with van der Waals surface area (Å²) in [5.41, 5.74) is 7.59. The predicted molar refractivity (Wildman–Crippen MR) is 170 cm³/mol. The number of nitro groups is 1. The second-order valence-corrected chi connectivity index (χ2v) is 11.0. The largest absolute Gasteiger partial charge is 0.479 e. The second kappa shape index (κ2) is 14.9. The molecule has 2 heterocycles. The first-order valence-electron chi connectivity index (χ1n) is 12.0. The molecule has 226 valence electrons. The zero-order valence-corrected chi connectivity index (χ0v) is 27.9. The van der Waals surface area contributed by atoms with Crippen molar-refractivity contribution in [1.82, 2.24) is 9.97 Å². The van der Waals surface area contributed by atoms with Gasteiger partial charge in [0.15, 0.2) is 5.75 Å². The summed E-state index contributed by atoms with van der Waals surface area (Å²) in [7, 11) is 2.75. The Morgan fingerprint density at radius 1 is 0.818 bits per heavy atom. The van der Waals surface area contributed by atoms with Crippen LogP contribution in [0.4, 0.5) is 11.4 Å². The quantitative estimate of drug-likeness (QED) is 0.141. The third-order valence-corrected chi connectivity index (χ3v) is 7.78. The van der Waals surface area contributed by atoms with Crippen LogP contribution in [0.5, 0.6) is 34.8 Å². The van der Waals surface area contributed by atoms with Crippen LogP contribution < -0.4 is 24.7 Å². The number of nitrogens with two attached hydrogens (primary N) is 1. The van der Waals surface area contributed by atoms with Crippen LogP contribution in [-0.2, 0) is 0 Å². The molecule has 0 aliphatic rings. The van der Waals surface area contributed by atoms with E-state index in [0.29, 0.717) is 42.4 Å². The van der Waals surface area contributed by atoms with Crippen LogP contribution in [0.2, 0.25) is 10.0 Å². The van der Waals surface area contributed by atoms with Gasteiger partial charge < -0.3 is 24.7 Å². The van der Waals surface area contributed by atoms with E-state index in [1.54, 1.807) is 32.0 Å². The standard InChI is InChI=1S/C14H9BrClN3O4.C14H11BrClN3O2/c1-7-11(15)13(12(19(20)21)14(18-7)22-2)23-10-4-8(6-17)3-9(16)5-10;1-7-11(15)13(12(18)14(19-7)20-2)21-10-4-8(6-17)3-9(16)5-10/h3-5H,1-2H3;3-5H,18H2,1-2H3. The topological polar surface area (TPSA) is 179 Å². The number of pyridine rings is 2. The van der Waals surface area contributed by atoms with Gasteiger partial charge in [0.2, 0.25) is 11.6 Å². The molecule has 0 atom stereocenters. The Labute approximate surface area is 278 Å². The molecule has 4 rings (SSSR count). The van der Waals surface area contributed by atoms with Gasteiger partial charge >= 0.3 is 5.69 Å². The third-order valence-electron chi connectivity index (χ3n) is 5.48. The fourth-order valence-corrected chi connectivity index (χ4v) is 4.71. The highest BCUT2D eigenvalue weighted by Crippen LogP contribution is 2.45. The Balaban J connectivity index is 0.000000241. The van der Waals surface area contributed by atoms with E-state index < -0.39 is 10.6 Å². The van der Waals surface area contributed by atoms with E-state index in [-0.39, 0.29) is 39.5 Å². The average molecular weight is 767 g/mol. The molecule has 0 saturated carbocycles. The zero-order valence-electron chi connectivity index (χ0n) is 23.2. The zero-order chi connectivity index (χ0) is 32.7. The lowest BCUT2D eigenvalue weighted by atomic mass is 10.2. The molecule has 44 heavy (non-hydrogen) atoms. The maximum atomic E-state index is 11.4. The molecule has 4 aromatic rings. The van der Waals surface area contributed by atoms with E-state index >= 15 is 0 Å². The Morgan fingerprint density at radius 3 is 1.68 bits per heavy atom. The number of rotatable bonds is 7. The van der Waals surface area contributed by atoms with Crippen molar-refractivity contribution in [3.05, 3.63) is 88.0 Å². The molecule has 0 radical (unpaired) electrons. The number of ether oxygens (including phenoxy) is 4. The number of nitrogen functional groups attached to an aromatic ring is 1. The Hall–Kier alpha value is -4.34. The van der Waals surface area contributed by atoms with Crippen LogP contribution in [-0.4, -0.2) is 29.1 Å². The lowest BCUT2D eigenvalue weighted by Crippen LogP contribution is -2.02. The fraction of sp³-hybridized carbons (Fsp3) is 0.143. The van der Waals surface area contributed by atoms with Crippen LogP contribution in [0, 0.1) is 46.6 Å². The van der Waals surface area contributed by atoms with Gasteiger partial charge in [-0.15, -0.1) is 0 Å². The van der Waals surface area contributed by atoms with E-state index in [0.717, 1.165) is 0 Å². The van der Waals surface area contributed by atoms with E-state index in [4.69, 9.17) is 58.4 Å². The molecule has 16 heteroatoms. The molecule has 0 aliphatic carbocycles. The summed E-state index contributed by atoms with van der Waals surface area (Å²) in [4.78, 5) is 18.9. The molecule has 2 N–H and O–H groups in total. The predicted octanol–water partition coefficient (Wildman–Crippen LogP) is 8.45. The number of hydrogen-bond donors (Lipinski definition) is 1.